The SMILES string of the molecule is CC(C)CSC(CN)C(C)C. The highest BCUT2D eigenvalue weighted by atomic mass is 32.2. The molecule has 0 radical (unpaired) electrons. The highest BCUT2D eigenvalue weighted by Crippen LogP contribution is 2.20. The number of nitrogens with two attached hydrogens (primary N) is 1. The fraction of sp³-hybridized carbons (Fsp3) is 1.00. The third-order valence-corrected chi connectivity index (χ3v) is 3.64. The third-order valence-electron chi connectivity index (χ3n) is 1.62. The molecule has 0 fully saturated rings. The predicted octanol–water partition coefficient (Wildman–Crippen LogP) is 2.36. The van der Waals surface area contributed by atoms with E-state index in [1.807, 2.05) is 11.8 Å². The molecule has 0 aliphatic rings. The molecule has 0 rings (SSSR count). The van der Waals surface area contributed by atoms with Crippen LogP contribution in [-0.2, 0) is 0 Å². The van der Waals surface area contributed by atoms with Crippen LogP contribution in [0.2, 0.25) is 0 Å². The summed E-state index contributed by atoms with van der Waals surface area (Å²) in [5.74, 6) is 2.73. The van der Waals surface area contributed by atoms with Gasteiger partial charge in [-0.3, -0.25) is 0 Å². The van der Waals surface area contributed by atoms with Crippen molar-refractivity contribution < 1.29 is 0 Å². The van der Waals surface area contributed by atoms with Crippen molar-refractivity contribution in [1.29, 1.82) is 0 Å². The van der Waals surface area contributed by atoms with Crippen LogP contribution in [0.3, 0.4) is 0 Å². The van der Waals surface area contributed by atoms with Crippen LogP contribution in [0.5, 0.6) is 0 Å². The number of thioether (sulfide) groups is 1. The van der Waals surface area contributed by atoms with Crippen molar-refractivity contribution >= 4 is 11.8 Å². The van der Waals surface area contributed by atoms with Crippen LogP contribution in [0.1, 0.15) is 27.7 Å². The van der Waals surface area contributed by atoms with Gasteiger partial charge in [-0.25, -0.2) is 0 Å². The maximum absolute atomic E-state index is 5.64. The Labute approximate surface area is 75.1 Å². The Morgan fingerprint density at radius 3 is 2.00 bits per heavy atom. The molecule has 2 N–H and O–H groups in total. The molecule has 0 amide bonds. The van der Waals surface area contributed by atoms with Crippen LogP contribution in [0.15, 0.2) is 0 Å². The number of rotatable bonds is 5. The standard InChI is InChI=1S/C9H21NS/c1-7(2)6-11-9(5-10)8(3)4/h7-9H,5-6,10H2,1-4H3. The average Bonchev–Trinajstić information content (AvgIpc) is 1.87. The maximum Gasteiger partial charge on any atom is 0.0193 e. The lowest BCUT2D eigenvalue weighted by atomic mass is 10.1. The summed E-state index contributed by atoms with van der Waals surface area (Å²) in [6, 6.07) is 0. The lowest BCUT2D eigenvalue weighted by molar-refractivity contribution is 0.610. The highest BCUT2D eigenvalue weighted by Gasteiger charge is 2.11. The van der Waals surface area contributed by atoms with E-state index in [0.29, 0.717) is 11.2 Å². The first-order valence-corrected chi connectivity index (χ1v) is 5.44. The van der Waals surface area contributed by atoms with Crippen LogP contribution in [0, 0.1) is 11.8 Å². The minimum atomic E-state index is 0.650. The summed E-state index contributed by atoms with van der Waals surface area (Å²) in [6.07, 6.45) is 0. The summed E-state index contributed by atoms with van der Waals surface area (Å²) in [4.78, 5) is 0. The molecule has 0 heterocycles. The van der Waals surface area contributed by atoms with Gasteiger partial charge in [0.15, 0.2) is 0 Å². The van der Waals surface area contributed by atoms with E-state index in [9.17, 15) is 0 Å². The van der Waals surface area contributed by atoms with Crippen LogP contribution >= 0.6 is 11.8 Å². The Balaban J connectivity index is 3.52. The molecule has 1 nitrogen and oxygen atoms in total. The quantitative estimate of drug-likeness (QED) is 0.694. The zero-order valence-corrected chi connectivity index (χ0v) is 8.95. The number of hydrogen-bond acceptors (Lipinski definition) is 2. The van der Waals surface area contributed by atoms with Gasteiger partial charge >= 0.3 is 0 Å². The fourth-order valence-corrected chi connectivity index (χ4v) is 2.00. The van der Waals surface area contributed by atoms with Gasteiger partial charge in [-0.2, -0.15) is 11.8 Å². The van der Waals surface area contributed by atoms with Crippen molar-refractivity contribution in [3.05, 3.63) is 0 Å². The van der Waals surface area contributed by atoms with Crippen molar-refractivity contribution in [3.63, 3.8) is 0 Å². The van der Waals surface area contributed by atoms with Crippen LogP contribution < -0.4 is 5.73 Å². The second-order valence-electron chi connectivity index (χ2n) is 3.75. The zero-order valence-electron chi connectivity index (χ0n) is 8.13. The third kappa shape index (κ3) is 5.57. The first-order chi connectivity index (χ1) is 5.07. The smallest absolute Gasteiger partial charge is 0.0193 e. The zero-order chi connectivity index (χ0) is 8.85. The highest BCUT2D eigenvalue weighted by molar-refractivity contribution is 7.99. The Morgan fingerprint density at radius 1 is 1.18 bits per heavy atom. The van der Waals surface area contributed by atoms with Gasteiger partial charge < -0.3 is 5.73 Å². The lowest BCUT2D eigenvalue weighted by Gasteiger charge is -2.19. The van der Waals surface area contributed by atoms with Gasteiger partial charge in [0.05, 0.1) is 0 Å². The Hall–Kier alpha value is 0.310. The van der Waals surface area contributed by atoms with Crippen molar-refractivity contribution in [3.8, 4) is 0 Å². The minimum absolute atomic E-state index is 0.650. The Kier molecular flexibility index (Phi) is 6.06. The Bertz CT molecular complexity index is 91.6. The number of hydrogen-bond donors (Lipinski definition) is 1. The predicted molar refractivity (Wildman–Crippen MR) is 55.0 cm³/mol. The van der Waals surface area contributed by atoms with E-state index in [-0.39, 0.29) is 0 Å². The van der Waals surface area contributed by atoms with E-state index in [1.165, 1.54) is 5.75 Å². The van der Waals surface area contributed by atoms with Gasteiger partial charge in [-0.1, -0.05) is 27.7 Å². The minimum Gasteiger partial charge on any atom is -0.329 e. The Morgan fingerprint density at radius 2 is 1.73 bits per heavy atom. The van der Waals surface area contributed by atoms with E-state index < -0.39 is 0 Å². The second kappa shape index (κ2) is 5.90. The molecule has 0 aliphatic heterocycles. The van der Waals surface area contributed by atoms with Crippen LogP contribution in [0.4, 0.5) is 0 Å². The van der Waals surface area contributed by atoms with Gasteiger partial charge in [0.1, 0.15) is 0 Å². The molecule has 0 bridgehead atoms. The molecular formula is C9H21NS. The molecule has 0 spiro atoms. The van der Waals surface area contributed by atoms with E-state index in [2.05, 4.69) is 27.7 Å². The summed E-state index contributed by atoms with van der Waals surface area (Å²) in [6.45, 7) is 9.80. The summed E-state index contributed by atoms with van der Waals surface area (Å²) < 4.78 is 0. The molecule has 0 aliphatic carbocycles. The molecule has 1 unspecified atom stereocenters. The van der Waals surface area contributed by atoms with Crippen LogP contribution in [-0.4, -0.2) is 17.5 Å². The van der Waals surface area contributed by atoms with Crippen molar-refractivity contribution in [1.82, 2.24) is 0 Å². The van der Waals surface area contributed by atoms with Gasteiger partial charge in [0, 0.05) is 11.8 Å². The van der Waals surface area contributed by atoms with Crippen LogP contribution in [0.25, 0.3) is 0 Å². The summed E-state index contributed by atoms with van der Waals surface area (Å²) >= 11 is 2.01. The second-order valence-corrected chi connectivity index (χ2v) is 5.02. The average molecular weight is 175 g/mol. The fourth-order valence-electron chi connectivity index (χ4n) is 0.849. The van der Waals surface area contributed by atoms with Crippen molar-refractivity contribution in [2.45, 2.75) is 32.9 Å². The normalized spacial score (nSPS) is 14.5. The van der Waals surface area contributed by atoms with Gasteiger partial charge in [-0.15, -0.1) is 0 Å². The van der Waals surface area contributed by atoms with Crippen molar-refractivity contribution in [2.24, 2.45) is 17.6 Å². The molecular weight excluding hydrogens is 154 g/mol. The van der Waals surface area contributed by atoms with Gasteiger partial charge in [-0.05, 0) is 17.6 Å². The van der Waals surface area contributed by atoms with Gasteiger partial charge in [0.2, 0.25) is 0 Å². The van der Waals surface area contributed by atoms with E-state index in [0.717, 1.165) is 12.5 Å². The maximum atomic E-state index is 5.64. The largest absolute Gasteiger partial charge is 0.329 e. The molecule has 68 valence electrons. The summed E-state index contributed by atoms with van der Waals surface area (Å²) in [5, 5.41) is 0.650. The molecule has 0 saturated carbocycles. The topological polar surface area (TPSA) is 26.0 Å². The molecule has 2 heteroatoms. The molecule has 0 aromatic carbocycles. The van der Waals surface area contributed by atoms with Gasteiger partial charge in [0.25, 0.3) is 0 Å². The molecule has 0 saturated heterocycles. The van der Waals surface area contributed by atoms with Crippen molar-refractivity contribution in [2.75, 3.05) is 12.3 Å². The summed E-state index contributed by atoms with van der Waals surface area (Å²) in [5.41, 5.74) is 5.64. The summed E-state index contributed by atoms with van der Waals surface area (Å²) in [7, 11) is 0. The molecule has 0 aromatic rings. The van der Waals surface area contributed by atoms with E-state index >= 15 is 0 Å². The molecule has 1 atom stereocenters. The van der Waals surface area contributed by atoms with E-state index in [4.69, 9.17) is 5.73 Å². The monoisotopic (exact) mass is 175 g/mol. The first-order valence-electron chi connectivity index (χ1n) is 4.39. The molecule has 11 heavy (non-hydrogen) atoms. The lowest BCUT2D eigenvalue weighted by Crippen LogP contribution is -2.23. The molecule has 0 aromatic heterocycles. The van der Waals surface area contributed by atoms with E-state index in [1.54, 1.807) is 0 Å². The first kappa shape index (κ1) is 11.3.